The molecule has 8 nitrogen and oxygen atoms in total. The van der Waals surface area contributed by atoms with Gasteiger partial charge in [0.15, 0.2) is 12.3 Å². The Labute approximate surface area is 214 Å². The van der Waals surface area contributed by atoms with Crippen molar-refractivity contribution in [1.29, 1.82) is 0 Å². The van der Waals surface area contributed by atoms with Crippen molar-refractivity contribution in [3.05, 3.63) is 107 Å². The summed E-state index contributed by atoms with van der Waals surface area (Å²) >= 11 is 0. The molecule has 0 bridgehead atoms. The number of aromatic nitrogens is 1. The van der Waals surface area contributed by atoms with Crippen LogP contribution in [0.3, 0.4) is 0 Å². The molecule has 0 radical (unpaired) electrons. The molecule has 1 aliphatic carbocycles. The van der Waals surface area contributed by atoms with E-state index in [9.17, 15) is 9.59 Å². The number of nitrogens with zero attached hydrogens (tertiary/aromatic N) is 2. The third-order valence-electron chi connectivity index (χ3n) is 6.82. The SMILES string of the molecule is O=C(NCc1ccco1)c1coc(COc2ccc3c(c2)C(c2ccccc2)N(C(=O)C2CC2)CC3)n1. The van der Waals surface area contributed by atoms with E-state index in [0.29, 0.717) is 23.9 Å². The molecule has 1 unspecified atom stereocenters. The van der Waals surface area contributed by atoms with Crippen molar-refractivity contribution < 1.29 is 23.2 Å². The fourth-order valence-corrected chi connectivity index (χ4v) is 4.78. The van der Waals surface area contributed by atoms with Gasteiger partial charge in [0.05, 0.1) is 18.8 Å². The molecular formula is C29H27N3O5. The first kappa shape index (κ1) is 23.1. The maximum Gasteiger partial charge on any atom is 0.273 e. The van der Waals surface area contributed by atoms with Crippen LogP contribution in [0.15, 0.2) is 82.0 Å². The number of fused-ring (bicyclic) bond motifs is 1. The number of furan rings is 1. The van der Waals surface area contributed by atoms with Gasteiger partial charge in [-0.3, -0.25) is 9.59 Å². The van der Waals surface area contributed by atoms with Crippen LogP contribution in [0.25, 0.3) is 0 Å². The summed E-state index contributed by atoms with van der Waals surface area (Å²) in [5, 5.41) is 2.74. The first-order valence-electron chi connectivity index (χ1n) is 12.5. The largest absolute Gasteiger partial charge is 0.484 e. The predicted molar refractivity (Wildman–Crippen MR) is 134 cm³/mol. The van der Waals surface area contributed by atoms with Crippen LogP contribution < -0.4 is 10.1 Å². The third kappa shape index (κ3) is 5.00. The number of nitrogens with one attached hydrogen (secondary N) is 1. The fourth-order valence-electron chi connectivity index (χ4n) is 4.78. The van der Waals surface area contributed by atoms with Crippen molar-refractivity contribution in [2.75, 3.05) is 6.54 Å². The van der Waals surface area contributed by atoms with Crippen LogP contribution >= 0.6 is 0 Å². The number of rotatable bonds is 8. The average Bonchev–Trinajstić information content (AvgIpc) is 3.44. The lowest BCUT2D eigenvalue weighted by Gasteiger charge is -2.38. The maximum absolute atomic E-state index is 13.2. The number of carbonyl (C=O) groups is 2. The highest BCUT2D eigenvalue weighted by atomic mass is 16.5. The highest BCUT2D eigenvalue weighted by molar-refractivity contribution is 5.91. The van der Waals surface area contributed by atoms with Gasteiger partial charge in [0.2, 0.25) is 11.8 Å². The molecule has 1 aliphatic heterocycles. The molecule has 1 atom stereocenters. The molecule has 2 amide bonds. The van der Waals surface area contributed by atoms with Crippen LogP contribution in [0.4, 0.5) is 0 Å². The Morgan fingerprint density at radius 1 is 1.05 bits per heavy atom. The number of carbonyl (C=O) groups excluding carboxylic acids is 2. The van der Waals surface area contributed by atoms with Crippen LogP contribution in [-0.2, 0) is 24.4 Å². The minimum atomic E-state index is -0.355. The van der Waals surface area contributed by atoms with E-state index in [0.717, 1.165) is 30.4 Å². The number of amides is 2. The van der Waals surface area contributed by atoms with Gasteiger partial charge in [-0.2, -0.15) is 0 Å². The quantitative estimate of drug-likeness (QED) is 0.380. The minimum Gasteiger partial charge on any atom is -0.484 e. The summed E-state index contributed by atoms with van der Waals surface area (Å²) in [5.41, 5.74) is 3.56. The summed E-state index contributed by atoms with van der Waals surface area (Å²) in [6.45, 7) is 1.05. The Hall–Kier alpha value is -4.33. The fraction of sp³-hybridized carbons (Fsp3) is 0.276. The second kappa shape index (κ2) is 9.97. The zero-order valence-corrected chi connectivity index (χ0v) is 20.3. The summed E-state index contributed by atoms with van der Waals surface area (Å²) in [4.78, 5) is 31.8. The lowest BCUT2D eigenvalue weighted by atomic mass is 9.87. The molecule has 6 rings (SSSR count). The van der Waals surface area contributed by atoms with Gasteiger partial charge in [-0.1, -0.05) is 36.4 Å². The van der Waals surface area contributed by atoms with Crippen molar-refractivity contribution in [2.45, 2.75) is 38.5 Å². The van der Waals surface area contributed by atoms with Gasteiger partial charge in [-0.25, -0.2) is 4.98 Å². The maximum atomic E-state index is 13.2. The van der Waals surface area contributed by atoms with Crippen LogP contribution in [0.1, 0.15) is 57.7 Å². The Bertz CT molecular complexity index is 1390. The summed E-state index contributed by atoms with van der Waals surface area (Å²) in [7, 11) is 0. The van der Waals surface area contributed by atoms with Gasteiger partial charge in [0, 0.05) is 12.5 Å². The van der Waals surface area contributed by atoms with Crippen molar-refractivity contribution in [2.24, 2.45) is 5.92 Å². The molecule has 1 N–H and O–H groups in total. The van der Waals surface area contributed by atoms with E-state index in [4.69, 9.17) is 13.6 Å². The lowest BCUT2D eigenvalue weighted by molar-refractivity contribution is -0.134. The molecule has 1 fully saturated rings. The van der Waals surface area contributed by atoms with E-state index < -0.39 is 0 Å². The van der Waals surface area contributed by atoms with E-state index in [1.807, 2.05) is 35.2 Å². The topological polar surface area (TPSA) is 97.8 Å². The van der Waals surface area contributed by atoms with Gasteiger partial charge in [-0.15, -0.1) is 0 Å². The summed E-state index contributed by atoms with van der Waals surface area (Å²) in [6.07, 6.45) is 5.64. The second-order valence-electron chi connectivity index (χ2n) is 9.41. The zero-order valence-electron chi connectivity index (χ0n) is 20.3. The molecule has 0 spiro atoms. The van der Waals surface area contributed by atoms with Gasteiger partial charge < -0.3 is 23.8 Å². The number of ether oxygens (including phenoxy) is 1. The standard InChI is InChI=1S/C29H27N3O5/c33-28(30-16-23-7-4-14-35-23)25-17-37-26(31-25)18-36-22-11-10-19-12-13-32(29(34)21-8-9-21)27(24(19)15-22)20-5-2-1-3-6-20/h1-7,10-11,14-15,17,21,27H,8-9,12-13,16,18H2,(H,30,33). The molecule has 8 heteroatoms. The molecule has 2 aromatic heterocycles. The normalized spacial score (nSPS) is 16.8. The van der Waals surface area contributed by atoms with Crippen LogP contribution in [-0.4, -0.2) is 28.2 Å². The van der Waals surface area contributed by atoms with E-state index >= 15 is 0 Å². The Morgan fingerprint density at radius 2 is 1.92 bits per heavy atom. The van der Waals surface area contributed by atoms with Crippen molar-refractivity contribution in [3.63, 3.8) is 0 Å². The molecule has 1 saturated carbocycles. The van der Waals surface area contributed by atoms with Gasteiger partial charge in [0.1, 0.15) is 17.8 Å². The molecule has 3 heterocycles. The average molecular weight is 498 g/mol. The number of hydrogen-bond donors (Lipinski definition) is 1. The van der Waals surface area contributed by atoms with Crippen molar-refractivity contribution in [3.8, 4) is 5.75 Å². The molecule has 2 aliphatic rings. The van der Waals surface area contributed by atoms with Gasteiger partial charge in [-0.05, 0) is 60.2 Å². The van der Waals surface area contributed by atoms with Gasteiger partial charge in [0.25, 0.3) is 5.91 Å². The molecular weight excluding hydrogens is 470 g/mol. The minimum absolute atomic E-state index is 0.0744. The molecule has 0 saturated heterocycles. The summed E-state index contributed by atoms with van der Waals surface area (Å²) < 4.78 is 16.7. The number of benzene rings is 2. The van der Waals surface area contributed by atoms with E-state index in [1.54, 1.807) is 18.4 Å². The summed E-state index contributed by atoms with van der Waals surface area (Å²) in [6, 6.07) is 19.6. The molecule has 188 valence electrons. The van der Waals surface area contributed by atoms with E-state index in [2.05, 4.69) is 28.5 Å². The van der Waals surface area contributed by atoms with E-state index in [-0.39, 0.29) is 42.6 Å². The van der Waals surface area contributed by atoms with Crippen LogP contribution in [0.2, 0.25) is 0 Å². The summed E-state index contributed by atoms with van der Waals surface area (Å²) in [5.74, 6) is 1.64. The monoisotopic (exact) mass is 497 g/mol. The van der Waals surface area contributed by atoms with Crippen molar-refractivity contribution in [1.82, 2.24) is 15.2 Å². The lowest BCUT2D eigenvalue weighted by Crippen LogP contribution is -2.41. The smallest absolute Gasteiger partial charge is 0.273 e. The molecule has 2 aromatic carbocycles. The first-order chi connectivity index (χ1) is 18.2. The number of hydrogen-bond acceptors (Lipinski definition) is 6. The Morgan fingerprint density at radius 3 is 2.70 bits per heavy atom. The highest BCUT2D eigenvalue weighted by Gasteiger charge is 2.39. The zero-order chi connectivity index (χ0) is 25.2. The molecule has 37 heavy (non-hydrogen) atoms. The van der Waals surface area contributed by atoms with Crippen LogP contribution in [0, 0.1) is 5.92 Å². The highest BCUT2D eigenvalue weighted by Crippen LogP contribution is 2.41. The predicted octanol–water partition coefficient (Wildman–Crippen LogP) is 4.66. The Kier molecular flexibility index (Phi) is 6.22. The van der Waals surface area contributed by atoms with Crippen LogP contribution in [0.5, 0.6) is 5.75 Å². The first-order valence-corrected chi connectivity index (χ1v) is 12.5. The second-order valence-corrected chi connectivity index (χ2v) is 9.41. The van der Waals surface area contributed by atoms with Gasteiger partial charge >= 0.3 is 0 Å². The third-order valence-corrected chi connectivity index (χ3v) is 6.82. The van der Waals surface area contributed by atoms with E-state index in [1.165, 1.54) is 11.8 Å². The Balaban J connectivity index is 1.17. The molecule has 4 aromatic rings. The van der Waals surface area contributed by atoms with Crippen molar-refractivity contribution >= 4 is 11.8 Å². The number of oxazole rings is 1.